The Morgan fingerprint density at radius 2 is 1.87 bits per heavy atom. The highest BCUT2D eigenvalue weighted by Crippen LogP contribution is 2.24. The zero-order valence-electron chi connectivity index (χ0n) is 12.8. The predicted molar refractivity (Wildman–Crippen MR) is 90.9 cm³/mol. The molecule has 0 radical (unpaired) electrons. The Morgan fingerprint density at radius 1 is 1.09 bits per heavy atom. The average Bonchev–Trinajstić information content (AvgIpc) is 2.56. The fraction of sp³-hybridized carbons (Fsp3) is 0.176. The molecule has 0 saturated carbocycles. The molecule has 0 bridgehead atoms. The molecule has 23 heavy (non-hydrogen) atoms. The van der Waals surface area contributed by atoms with Crippen LogP contribution in [0, 0.1) is 0 Å². The molecule has 0 saturated heterocycles. The lowest BCUT2D eigenvalue weighted by atomic mass is 10.1. The Kier molecular flexibility index (Phi) is 4.14. The summed E-state index contributed by atoms with van der Waals surface area (Å²) >= 11 is 0. The van der Waals surface area contributed by atoms with Crippen molar-refractivity contribution in [2.75, 3.05) is 11.1 Å². The fourth-order valence-electron chi connectivity index (χ4n) is 2.47. The monoisotopic (exact) mass is 307 g/mol. The number of pyridine rings is 1. The van der Waals surface area contributed by atoms with Gasteiger partial charge in [-0.3, -0.25) is 4.79 Å². The van der Waals surface area contributed by atoms with Crippen molar-refractivity contribution in [2.45, 2.75) is 19.8 Å². The lowest BCUT2D eigenvalue weighted by molar-refractivity contribution is -0.105. The number of anilines is 2. The first-order chi connectivity index (χ1) is 11.2. The van der Waals surface area contributed by atoms with E-state index in [0.717, 1.165) is 46.5 Å². The molecule has 0 aliphatic heterocycles. The Hall–Kier alpha value is -3.02. The summed E-state index contributed by atoms with van der Waals surface area (Å²) in [5.41, 5.74) is 10.7. The first kappa shape index (κ1) is 14.9. The van der Waals surface area contributed by atoms with Gasteiger partial charge in [-0.1, -0.05) is 25.5 Å². The van der Waals surface area contributed by atoms with Gasteiger partial charge in [0.1, 0.15) is 5.52 Å². The van der Waals surface area contributed by atoms with Crippen molar-refractivity contribution in [3.63, 3.8) is 0 Å². The smallest absolute Gasteiger partial charge is 0.220 e. The summed E-state index contributed by atoms with van der Waals surface area (Å²) in [7, 11) is 0. The number of rotatable bonds is 5. The number of hydrogen-bond acceptors (Lipinski definition) is 5. The first-order valence-electron chi connectivity index (χ1n) is 7.45. The van der Waals surface area contributed by atoms with E-state index in [0.29, 0.717) is 6.41 Å². The van der Waals surface area contributed by atoms with E-state index in [4.69, 9.17) is 10.7 Å². The number of carbonyl (C=O) groups excluding carboxylic acids is 1. The number of benzene rings is 1. The fourth-order valence-corrected chi connectivity index (χ4v) is 2.47. The van der Waals surface area contributed by atoms with E-state index >= 15 is 0 Å². The van der Waals surface area contributed by atoms with Crippen LogP contribution in [0.3, 0.4) is 0 Å². The molecule has 3 aromatic rings. The maximum Gasteiger partial charge on any atom is 0.220 e. The molecule has 1 amide bonds. The second-order valence-electron chi connectivity index (χ2n) is 5.18. The van der Waals surface area contributed by atoms with Gasteiger partial charge in [-0.25, -0.2) is 15.0 Å². The number of aromatic nitrogens is 3. The summed E-state index contributed by atoms with van der Waals surface area (Å²) in [4.78, 5) is 23.7. The van der Waals surface area contributed by atoms with Crippen LogP contribution in [-0.2, 0) is 11.2 Å². The highest BCUT2D eigenvalue weighted by atomic mass is 16.1. The third-order valence-corrected chi connectivity index (χ3v) is 3.52. The number of nitrogen functional groups attached to an aromatic ring is 1. The van der Waals surface area contributed by atoms with E-state index in [2.05, 4.69) is 22.2 Å². The number of hydrogen-bond donors (Lipinski definition) is 2. The Bertz CT molecular complexity index is 845. The third kappa shape index (κ3) is 3.11. The number of nitrogens with one attached hydrogen (secondary N) is 1. The molecule has 0 aliphatic rings. The number of nitrogens with two attached hydrogens (primary N) is 1. The van der Waals surface area contributed by atoms with Crippen LogP contribution < -0.4 is 11.1 Å². The highest BCUT2D eigenvalue weighted by molar-refractivity contribution is 5.81. The van der Waals surface area contributed by atoms with Crippen LogP contribution in [0.15, 0.2) is 36.4 Å². The molecule has 0 atom stereocenters. The van der Waals surface area contributed by atoms with Crippen molar-refractivity contribution in [1.29, 1.82) is 0 Å². The van der Waals surface area contributed by atoms with Crippen LogP contribution in [-0.4, -0.2) is 21.4 Å². The van der Waals surface area contributed by atoms with Crippen LogP contribution in [0.25, 0.3) is 22.3 Å². The molecule has 0 fully saturated rings. The first-order valence-corrected chi connectivity index (χ1v) is 7.45. The van der Waals surface area contributed by atoms with Gasteiger partial charge in [0.05, 0.1) is 16.9 Å². The summed E-state index contributed by atoms with van der Waals surface area (Å²) in [6.45, 7) is 2.09. The van der Waals surface area contributed by atoms with Crippen LogP contribution in [0.1, 0.15) is 19.0 Å². The van der Waals surface area contributed by atoms with Crippen molar-refractivity contribution >= 4 is 29.1 Å². The minimum atomic E-state index is 0.278. The van der Waals surface area contributed by atoms with Gasteiger partial charge in [-0.15, -0.1) is 0 Å². The molecule has 0 aliphatic carbocycles. The molecule has 2 aromatic heterocycles. The van der Waals surface area contributed by atoms with E-state index in [1.54, 1.807) is 0 Å². The van der Waals surface area contributed by atoms with Crippen LogP contribution >= 0.6 is 0 Å². The summed E-state index contributed by atoms with van der Waals surface area (Å²) in [5.74, 6) is 0.278. The molecular weight excluding hydrogens is 290 g/mol. The van der Waals surface area contributed by atoms with Crippen LogP contribution in [0.4, 0.5) is 11.6 Å². The number of amides is 1. The van der Waals surface area contributed by atoms with E-state index in [-0.39, 0.29) is 5.95 Å². The van der Waals surface area contributed by atoms with Gasteiger partial charge in [0.25, 0.3) is 0 Å². The second kappa shape index (κ2) is 6.39. The Morgan fingerprint density at radius 3 is 2.57 bits per heavy atom. The molecule has 2 heterocycles. The molecule has 3 rings (SSSR count). The molecular formula is C17H17N5O. The van der Waals surface area contributed by atoms with E-state index in [9.17, 15) is 4.79 Å². The second-order valence-corrected chi connectivity index (χ2v) is 5.18. The maximum atomic E-state index is 10.5. The standard InChI is InChI=1S/C17H17N5O/c1-2-3-14-16-15(22-17(18)21-14)9-8-13(20-16)11-4-6-12(7-5-11)19-10-23/h4-10H,2-3H2,1H3,(H,19,23)(H2,18,21,22). The third-order valence-electron chi connectivity index (χ3n) is 3.52. The van der Waals surface area contributed by atoms with E-state index in [1.807, 2.05) is 36.4 Å². The molecule has 0 spiro atoms. The van der Waals surface area contributed by atoms with Gasteiger partial charge < -0.3 is 11.1 Å². The number of aryl methyl sites for hydroxylation is 1. The molecule has 3 N–H and O–H groups in total. The van der Waals surface area contributed by atoms with Gasteiger partial charge in [-0.2, -0.15) is 0 Å². The molecule has 1 aromatic carbocycles. The summed E-state index contributed by atoms with van der Waals surface area (Å²) < 4.78 is 0. The van der Waals surface area contributed by atoms with E-state index in [1.165, 1.54) is 0 Å². The summed E-state index contributed by atoms with van der Waals surface area (Å²) in [6.07, 6.45) is 2.42. The van der Waals surface area contributed by atoms with Gasteiger partial charge in [0, 0.05) is 11.3 Å². The van der Waals surface area contributed by atoms with Crippen molar-refractivity contribution in [3.8, 4) is 11.3 Å². The topological polar surface area (TPSA) is 93.8 Å². The van der Waals surface area contributed by atoms with Crippen molar-refractivity contribution in [3.05, 3.63) is 42.1 Å². The lowest BCUT2D eigenvalue weighted by Gasteiger charge is -2.08. The lowest BCUT2D eigenvalue weighted by Crippen LogP contribution is -2.02. The maximum absolute atomic E-state index is 10.5. The molecule has 6 nitrogen and oxygen atoms in total. The highest BCUT2D eigenvalue weighted by Gasteiger charge is 2.09. The zero-order valence-corrected chi connectivity index (χ0v) is 12.8. The number of carbonyl (C=O) groups is 1. The van der Waals surface area contributed by atoms with Gasteiger partial charge in [-0.05, 0) is 30.7 Å². The summed E-state index contributed by atoms with van der Waals surface area (Å²) in [6, 6.07) is 11.3. The van der Waals surface area contributed by atoms with E-state index < -0.39 is 0 Å². The zero-order chi connectivity index (χ0) is 16.2. The number of fused-ring (bicyclic) bond motifs is 1. The molecule has 116 valence electrons. The Balaban J connectivity index is 2.06. The number of nitrogens with zero attached hydrogens (tertiary/aromatic N) is 3. The Labute approximate surface area is 133 Å². The SMILES string of the molecule is CCCc1nc(N)nc2ccc(-c3ccc(NC=O)cc3)nc12. The van der Waals surface area contributed by atoms with Gasteiger partial charge >= 0.3 is 0 Å². The predicted octanol–water partition coefficient (Wildman–Crippen LogP) is 2.79. The quantitative estimate of drug-likeness (QED) is 0.707. The minimum absolute atomic E-state index is 0.278. The molecule has 0 unspecified atom stereocenters. The molecule has 6 heteroatoms. The van der Waals surface area contributed by atoms with Crippen molar-refractivity contribution < 1.29 is 4.79 Å². The van der Waals surface area contributed by atoms with Gasteiger partial charge in [0.15, 0.2) is 0 Å². The minimum Gasteiger partial charge on any atom is -0.368 e. The van der Waals surface area contributed by atoms with Crippen molar-refractivity contribution in [2.24, 2.45) is 0 Å². The van der Waals surface area contributed by atoms with Gasteiger partial charge in [0.2, 0.25) is 12.4 Å². The summed E-state index contributed by atoms with van der Waals surface area (Å²) in [5, 5.41) is 2.61. The van der Waals surface area contributed by atoms with Crippen LogP contribution in [0.5, 0.6) is 0 Å². The normalized spacial score (nSPS) is 10.7. The van der Waals surface area contributed by atoms with Crippen molar-refractivity contribution in [1.82, 2.24) is 15.0 Å². The van der Waals surface area contributed by atoms with Crippen LogP contribution in [0.2, 0.25) is 0 Å². The largest absolute Gasteiger partial charge is 0.368 e. The average molecular weight is 307 g/mol.